The molecule has 1 aromatic carbocycles. The van der Waals surface area contributed by atoms with Gasteiger partial charge in [-0.15, -0.1) is 0 Å². The number of rotatable bonds is 9. The summed E-state index contributed by atoms with van der Waals surface area (Å²) >= 11 is 0. The number of benzene rings is 1. The normalized spacial score (nSPS) is 14.4. The van der Waals surface area contributed by atoms with E-state index in [0.717, 1.165) is 32.6 Å². The lowest BCUT2D eigenvalue weighted by Gasteiger charge is -2.25. The molecule has 0 heterocycles. The second kappa shape index (κ2) is 9.12. The van der Waals surface area contributed by atoms with Crippen LogP contribution in [0.1, 0.15) is 45.2 Å². The van der Waals surface area contributed by atoms with E-state index in [2.05, 4.69) is 56.4 Å². The van der Waals surface area contributed by atoms with Crippen LogP contribution >= 0.6 is 0 Å². The quantitative estimate of drug-likeness (QED) is 0.672. The van der Waals surface area contributed by atoms with Crippen molar-refractivity contribution < 1.29 is 4.74 Å². The first-order valence-corrected chi connectivity index (χ1v) is 7.15. The Hall–Kier alpha value is -0.860. The van der Waals surface area contributed by atoms with E-state index in [1.165, 1.54) is 5.56 Å². The number of hydrogen-bond donors (Lipinski definition) is 1. The van der Waals surface area contributed by atoms with E-state index in [4.69, 9.17) is 4.74 Å². The van der Waals surface area contributed by atoms with Crippen LogP contribution in [0.25, 0.3) is 0 Å². The number of nitrogens with one attached hydrogen (secondary N) is 1. The van der Waals surface area contributed by atoms with Crippen LogP contribution in [-0.4, -0.2) is 19.8 Å². The predicted molar refractivity (Wildman–Crippen MR) is 77.8 cm³/mol. The minimum Gasteiger partial charge on any atom is -0.381 e. The van der Waals surface area contributed by atoms with Crippen molar-refractivity contribution in [1.29, 1.82) is 0 Å². The van der Waals surface area contributed by atoms with Crippen LogP contribution in [0, 0.1) is 5.92 Å². The lowest BCUT2D eigenvalue weighted by atomic mass is 9.92. The largest absolute Gasteiger partial charge is 0.381 e. The average Bonchev–Trinajstić information content (AvgIpc) is 2.41. The highest BCUT2D eigenvalue weighted by Gasteiger charge is 2.17. The lowest BCUT2D eigenvalue weighted by Crippen LogP contribution is -2.27. The van der Waals surface area contributed by atoms with Crippen molar-refractivity contribution in [1.82, 2.24) is 5.32 Å². The molecule has 0 saturated carbocycles. The molecule has 2 atom stereocenters. The molecule has 1 aromatic rings. The zero-order valence-electron chi connectivity index (χ0n) is 12.0. The zero-order chi connectivity index (χ0) is 13.2. The Morgan fingerprint density at radius 1 is 1.11 bits per heavy atom. The van der Waals surface area contributed by atoms with E-state index >= 15 is 0 Å². The molecule has 2 unspecified atom stereocenters. The van der Waals surface area contributed by atoms with Crippen LogP contribution in [-0.2, 0) is 4.74 Å². The predicted octanol–water partition coefficient (Wildman–Crippen LogP) is 3.79. The lowest BCUT2D eigenvalue weighted by molar-refractivity contribution is 0.117. The maximum atomic E-state index is 5.59. The van der Waals surface area contributed by atoms with Crippen molar-refractivity contribution in [3.05, 3.63) is 35.9 Å². The Bertz CT molecular complexity index is 299. The zero-order valence-corrected chi connectivity index (χ0v) is 12.0. The summed E-state index contributed by atoms with van der Waals surface area (Å²) in [6, 6.07) is 11.1. The van der Waals surface area contributed by atoms with Gasteiger partial charge in [-0.1, -0.05) is 51.1 Å². The molecule has 0 aliphatic carbocycles. The third-order valence-corrected chi connectivity index (χ3v) is 3.22. The monoisotopic (exact) mass is 249 g/mol. The van der Waals surface area contributed by atoms with Gasteiger partial charge in [0, 0.05) is 19.3 Å². The van der Waals surface area contributed by atoms with E-state index in [-0.39, 0.29) is 0 Å². The second-order valence-electron chi connectivity index (χ2n) is 4.82. The maximum Gasteiger partial charge on any atom is 0.0469 e. The fraction of sp³-hybridized carbons (Fsp3) is 0.625. The highest BCUT2D eigenvalue weighted by Crippen LogP contribution is 2.24. The molecule has 102 valence electrons. The average molecular weight is 249 g/mol. The van der Waals surface area contributed by atoms with Gasteiger partial charge in [0.25, 0.3) is 0 Å². The smallest absolute Gasteiger partial charge is 0.0469 e. The summed E-state index contributed by atoms with van der Waals surface area (Å²) in [6.07, 6.45) is 2.20. The third-order valence-electron chi connectivity index (χ3n) is 3.22. The van der Waals surface area contributed by atoms with Gasteiger partial charge in [0.05, 0.1) is 0 Å². The van der Waals surface area contributed by atoms with Gasteiger partial charge in [-0.05, 0) is 30.9 Å². The highest BCUT2D eigenvalue weighted by molar-refractivity contribution is 5.19. The molecular formula is C16H27NO. The molecular weight excluding hydrogens is 222 g/mol. The van der Waals surface area contributed by atoms with E-state index in [1.54, 1.807) is 0 Å². The molecule has 0 radical (unpaired) electrons. The topological polar surface area (TPSA) is 21.3 Å². The van der Waals surface area contributed by atoms with Gasteiger partial charge >= 0.3 is 0 Å². The minimum atomic E-state index is 0.432. The first kappa shape index (κ1) is 15.2. The molecule has 0 saturated heterocycles. The number of ether oxygens (including phenoxy) is 1. The molecule has 0 aliphatic heterocycles. The van der Waals surface area contributed by atoms with Gasteiger partial charge in [-0.3, -0.25) is 0 Å². The molecule has 0 fully saturated rings. The Labute approximate surface area is 112 Å². The van der Waals surface area contributed by atoms with Crippen molar-refractivity contribution >= 4 is 0 Å². The Morgan fingerprint density at radius 2 is 1.83 bits per heavy atom. The van der Waals surface area contributed by atoms with Crippen molar-refractivity contribution in [2.24, 2.45) is 5.92 Å². The first-order chi connectivity index (χ1) is 8.79. The van der Waals surface area contributed by atoms with E-state index in [0.29, 0.717) is 12.0 Å². The van der Waals surface area contributed by atoms with Gasteiger partial charge in [0.15, 0.2) is 0 Å². The van der Waals surface area contributed by atoms with Gasteiger partial charge in [-0.2, -0.15) is 0 Å². The van der Waals surface area contributed by atoms with E-state index in [1.807, 2.05) is 0 Å². The minimum absolute atomic E-state index is 0.432. The molecule has 0 bridgehead atoms. The molecule has 18 heavy (non-hydrogen) atoms. The summed E-state index contributed by atoms with van der Waals surface area (Å²) in [6.45, 7) is 9.36. The first-order valence-electron chi connectivity index (χ1n) is 7.15. The molecule has 1 N–H and O–H groups in total. The second-order valence-corrected chi connectivity index (χ2v) is 4.82. The molecule has 2 heteroatoms. The maximum absolute atomic E-state index is 5.59. The molecule has 0 aliphatic rings. The molecule has 1 rings (SSSR count). The van der Waals surface area contributed by atoms with Crippen molar-refractivity contribution in [2.45, 2.75) is 39.7 Å². The van der Waals surface area contributed by atoms with Crippen molar-refractivity contribution in [3.63, 3.8) is 0 Å². The van der Waals surface area contributed by atoms with E-state index < -0.39 is 0 Å². The molecule has 0 spiro atoms. The van der Waals surface area contributed by atoms with Crippen LogP contribution in [0.15, 0.2) is 30.3 Å². The third kappa shape index (κ3) is 5.19. The van der Waals surface area contributed by atoms with Gasteiger partial charge in [-0.25, -0.2) is 0 Å². The summed E-state index contributed by atoms with van der Waals surface area (Å²) < 4.78 is 5.59. The Kier molecular flexibility index (Phi) is 7.70. The Balaban J connectivity index is 2.50. The summed E-state index contributed by atoms with van der Waals surface area (Å²) in [5.41, 5.74) is 1.38. The fourth-order valence-electron chi connectivity index (χ4n) is 2.21. The summed E-state index contributed by atoms with van der Waals surface area (Å²) in [4.78, 5) is 0. The molecule has 2 nitrogen and oxygen atoms in total. The van der Waals surface area contributed by atoms with E-state index in [9.17, 15) is 0 Å². The number of hydrogen-bond acceptors (Lipinski definition) is 2. The summed E-state index contributed by atoms with van der Waals surface area (Å²) in [7, 11) is 0. The van der Waals surface area contributed by atoms with Crippen LogP contribution in [0.3, 0.4) is 0 Å². The summed E-state index contributed by atoms with van der Waals surface area (Å²) in [5, 5.41) is 3.58. The molecule has 0 amide bonds. The van der Waals surface area contributed by atoms with Crippen molar-refractivity contribution in [3.8, 4) is 0 Å². The van der Waals surface area contributed by atoms with Gasteiger partial charge in [0.1, 0.15) is 0 Å². The van der Waals surface area contributed by atoms with Crippen LogP contribution < -0.4 is 5.32 Å². The van der Waals surface area contributed by atoms with Gasteiger partial charge < -0.3 is 10.1 Å². The SMILES string of the molecule is CCCOCCC(C)C(NCC)c1ccccc1. The highest BCUT2D eigenvalue weighted by atomic mass is 16.5. The summed E-state index contributed by atoms with van der Waals surface area (Å²) in [5.74, 6) is 0.587. The standard InChI is InChI=1S/C16H27NO/c1-4-12-18-13-11-14(3)16(17-5-2)15-9-7-6-8-10-15/h6-10,14,16-17H,4-5,11-13H2,1-3H3. The fourth-order valence-corrected chi connectivity index (χ4v) is 2.21. The van der Waals surface area contributed by atoms with Crippen LogP contribution in [0.4, 0.5) is 0 Å². The Morgan fingerprint density at radius 3 is 2.44 bits per heavy atom. The van der Waals surface area contributed by atoms with Gasteiger partial charge in [0.2, 0.25) is 0 Å². The van der Waals surface area contributed by atoms with Crippen molar-refractivity contribution in [2.75, 3.05) is 19.8 Å². The molecule has 0 aromatic heterocycles. The van der Waals surface area contributed by atoms with Crippen LogP contribution in [0.5, 0.6) is 0 Å². The van der Waals surface area contributed by atoms with Crippen LogP contribution in [0.2, 0.25) is 0 Å².